The van der Waals surface area contributed by atoms with E-state index >= 15 is 0 Å². The number of carbonyl (C=O) groups is 1. The number of methoxy groups -OCH3 is 1. The van der Waals surface area contributed by atoms with Crippen LogP contribution in [0.2, 0.25) is 0 Å². The average molecular weight is 500 g/mol. The van der Waals surface area contributed by atoms with E-state index in [1.807, 2.05) is 18.0 Å². The minimum Gasteiger partial charge on any atom is -0.383 e. The summed E-state index contributed by atoms with van der Waals surface area (Å²) in [6.45, 7) is 13.9. The van der Waals surface area contributed by atoms with Gasteiger partial charge in [0.05, 0.1) is 6.61 Å². The first-order chi connectivity index (χ1) is 17.0. The minimum atomic E-state index is -0.00986. The predicted molar refractivity (Wildman–Crippen MR) is 141 cm³/mol. The Labute approximate surface area is 212 Å². The molecule has 4 heterocycles. The molecule has 4 rings (SSSR count). The van der Waals surface area contributed by atoms with Crippen LogP contribution in [0, 0.1) is 6.92 Å². The van der Waals surface area contributed by atoms with E-state index < -0.39 is 0 Å². The van der Waals surface area contributed by atoms with Gasteiger partial charge in [-0.2, -0.15) is 0 Å². The van der Waals surface area contributed by atoms with Crippen LogP contribution < -0.4 is 10.6 Å². The summed E-state index contributed by atoms with van der Waals surface area (Å²) in [7, 11) is 1.76. The molecule has 1 atom stereocenters. The summed E-state index contributed by atoms with van der Waals surface area (Å²) in [5.74, 6) is 1.60. The van der Waals surface area contributed by atoms with Crippen molar-refractivity contribution in [2.24, 2.45) is 0 Å². The monoisotopic (exact) mass is 499 g/mol. The molecule has 2 N–H and O–H groups in total. The van der Waals surface area contributed by atoms with Crippen molar-refractivity contribution in [3.8, 4) is 0 Å². The lowest BCUT2D eigenvalue weighted by atomic mass is 10.1. The molecule has 1 unspecified atom stereocenters. The highest BCUT2D eigenvalue weighted by molar-refractivity contribution is 7.15. The molecule has 2 aliphatic heterocycles. The fourth-order valence-corrected chi connectivity index (χ4v) is 5.29. The van der Waals surface area contributed by atoms with Crippen LogP contribution in [0.15, 0.2) is 31.0 Å². The summed E-state index contributed by atoms with van der Waals surface area (Å²) in [5.41, 5.74) is 1.21. The molecular formula is C25H37N7O2S. The largest absolute Gasteiger partial charge is 0.383 e. The third kappa shape index (κ3) is 7.47. The van der Waals surface area contributed by atoms with Crippen LogP contribution in [0.3, 0.4) is 0 Å². The maximum Gasteiger partial charge on any atom is 0.246 e. The van der Waals surface area contributed by atoms with Crippen molar-refractivity contribution in [1.82, 2.24) is 24.7 Å². The Kier molecular flexibility index (Phi) is 9.08. The van der Waals surface area contributed by atoms with E-state index in [9.17, 15) is 4.79 Å². The van der Waals surface area contributed by atoms with Crippen LogP contribution in [0.5, 0.6) is 0 Å². The van der Waals surface area contributed by atoms with Crippen LogP contribution in [0.1, 0.15) is 23.3 Å². The number of aryl methyl sites for hydroxylation is 1. The van der Waals surface area contributed by atoms with Crippen LogP contribution >= 0.6 is 11.3 Å². The van der Waals surface area contributed by atoms with Gasteiger partial charge in [-0.25, -0.2) is 9.97 Å². The number of amides is 1. The van der Waals surface area contributed by atoms with Crippen LogP contribution in [0.25, 0.3) is 0 Å². The van der Waals surface area contributed by atoms with Gasteiger partial charge in [0.1, 0.15) is 11.6 Å². The van der Waals surface area contributed by atoms with Crippen molar-refractivity contribution in [2.75, 3.05) is 70.2 Å². The number of hydrogen-bond donors (Lipinski definition) is 2. The second-order valence-corrected chi connectivity index (χ2v) is 10.5. The number of aromatic nitrogens is 2. The van der Waals surface area contributed by atoms with Crippen LogP contribution in [0.4, 0.5) is 16.8 Å². The quantitative estimate of drug-likeness (QED) is 0.483. The fourth-order valence-electron chi connectivity index (χ4n) is 4.62. The summed E-state index contributed by atoms with van der Waals surface area (Å²) >= 11 is 1.62. The van der Waals surface area contributed by atoms with Gasteiger partial charge in [0, 0.05) is 76.6 Å². The Hall–Kier alpha value is -2.53. The number of piperazine rings is 1. The van der Waals surface area contributed by atoms with Gasteiger partial charge < -0.3 is 20.3 Å². The molecule has 0 bridgehead atoms. The van der Waals surface area contributed by atoms with Gasteiger partial charge >= 0.3 is 0 Å². The number of nitrogens with one attached hydrogen (secondary N) is 2. The number of piperidine rings is 1. The molecule has 0 aliphatic carbocycles. The number of rotatable bonds is 10. The van der Waals surface area contributed by atoms with Crippen molar-refractivity contribution >= 4 is 34.0 Å². The van der Waals surface area contributed by atoms with E-state index in [0.29, 0.717) is 6.54 Å². The molecule has 0 aromatic carbocycles. The Balaban J connectivity index is 1.45. The zero-order valence-corrected chi connectivity index (χ0v) is 21.6. The van der Waals surface area contributed by atoms with E-state index in [4.69, 9.17) is 9.72 Å². The lowest BCUT2D eigenvalue weighted by molar-refractivity contribution is -0.127. The van der Waals surface area contributed by atoms with E-state index in [-0.39, 0.29) is 11.9 Å². The van der Waals surface area contributed by atoms with Crippen LogP contribution in [-0.2, 0) is 16.1 Å². The zero-order valence-electron chi connectivity index (χ0n) is 20.8. The molecule has 1 amide bonds. The van der Waals surface area contributed by atoms with Gasteiger partial charge in [-0.3, -0.25) is 14.6 Å². The summed E-state index contributed by atoms with van der Waals surface area (Å²) in [6.07, 6.45) is 5.24. The van der Waals surface area contributed by atoms with E-state index in [1.54, 1.807) is 18.4 Å². The summed E-state index contributed by atoms with van der Waals surface area (Å²) in [5, 5.41) is 7.81. The molecule has 2 aromatic rings. The number of thiazole rings is 1. The number of hydrogen-bond acceptors (Lipinski definition) is 9. The lowest BCUT2D eigenvalue weighted by Crippen LogP contribution is -2.46. The minimum absolute atomic E-state index is 0.00986. The Morgan fingerprint density at radius 2 is 2.00 bits per heavy atom. The first kappa shape index (κ1) is 25.6. The summed E-state index contributed by atoms with van der Waals surface area (Å²) in [4.78, 5) is 29.4. The van der Waals surface area contributed by atoms with Gasteiger partial charge in [-0.1, -0.05) is 6.58 Å². The zero-order chi connectivity index (χ0) is 24.6. The summed E-state index contributed by atoms with van der Waals surface area (Å²) < 4.78 is 5.23. The number of carbonyl (C=O) groups excluding carboxylic acids is 1. The number of likely N-dealkylation sites (tertiary alicyclic amines) is 1. The van der Waals surface area contributed by atoms with E-state index in [0.717, 1.165) is 86.9 Å². The molecule has 0 radical (unpaired) electrons. The third-order valence-electron chi connectivity index (χ3n) is 6.48. The van der Waals surface area contributed by atoms with Gasteiger partial charge in [0.2, 0.25) is 5.91 Å². The normalized spacial score (nSPS) is 19.5. The molecule has 9 nitrogen and oxygen atoms in total. The second kappa shape index (κ2) is 12.4. The average Bonchev–Trinajstić information content (AvgIpc) is 3.27. The molecule has 10 heteroatoms. The van der Waals surface area contributed by atoms with Crippen molar-refractivity contribution in [3.05, 3.63) is 41.4 Å². The Morgan fingerprint density at radius 3 is 2.71 bits per heavy atom. The predicted octanol–water partition coefficient (Wildman–Crippen LogP) is 2.94. The van der Waals surface area contributed by atoms with Gasteiger partial charge in [0.15, 0.2) is 5.13 Å². The lowest BCUT2D eigenvalue weighted by Gasteiger charge is -2.35. The molecule has 2 aliphatic rings. The fraction of sp³-hybridized carbons (Fsp3) is 0.560. The summed E-state index contributed by atoms with van der Waals surface area (Å²) in [6, 6.07) is 4.42. The molecule has 2 fully saturated rings. The maximum absolute atomic E-state index is 12.1. The number of ether oxygens (including phenoxy) is 1. The van der Waals surface area contributed by atoms with E-state index in [1.165, 1.54) is 11.6 Å². The highest BCUT2D eigenvalue weighted by atomic mass is 32.1. The Morgan fingerprint density at radius 1 is 1.23 bits per heavy atom. The molecule has 0 spiro atoms. The molecule has 2 saturated heterocycles. The highest BCUT2D eigenvalue weighted by Crippen LogP contribution is 2.25. The van der Waals surface area contributed by atoms with Crippen LogP contribution in [-0.4, -0.2) is 96.1 Å². The van der Waals surface area contributed by atoms with Crippen molar-refractivity contribution in [2.45, 2.75) is 32.4 Å². The van der Waals surface area contributed by atoms with Crippen molar-refractivity contribution < 1.29 is 9.53 Å². The van der Waals surface area contributed by atoms with Crippen molar-refractivity contribution in [1.29, 1.82) is 0 Å². The standard InChI is InChI=1S/C25H37N7O2S/c1-4-24(33)32-7-5-6-21(18-32)27-22-14-20(15-23(28-22)29-25-26-16-19(2)35-25)17-31-10-8-30(9-11-31)12-13-34-3/h4,14-16,21H,1,5-13,17-18H2,2-3H3,(H2,26,27,28,29). The maximum atomic E-state index is 12.1. The van der Waals surface area contributed by atoms with Gasteiger partial charge in [0.25, 0.3) is 0 Å². The highest BCUT2D eigenvalue weighted by Gasteiger charge is 2.23. The molecular weight excluding hydrogens is 462 g/mol. The number of nitrogens with zero attached hydrogens (tertiary/aromatic N) is 5. The first-order valence-electron chi connectivity index (χ1n) is 12.3. The third-order valence-corrected chi connectivity index (χ3v) is 7.31. The second-order valence-electron chi connectivity index (χ2n) is 9.23. The SMILES string of the molecule is C=CC(=O)N1CCCC(Nc2cc(CN3CCN(CCOC)CC3)cc(Nc3ncc(C)s3)n2)C1. The van der Waals surface area contributed by atoms with Gasteiger partial charge in [-0.05, 0) is 43.5 Å². The molecule has 0 saturated carbocycles. The number of pyridine rings is 1. The van der Waals surface area contributed by atoms with Crippen molar-refractivity contribution in [3.63, 3.8) is 0 Å². The molecule has 2 aromatic heterocycles. The first-order valence-corrected chi connectivity index (χ1v) is 13.2. The van der Waals surface area contributed by atoms with Gasteiger partial charge in [-0.15, -0.1) is 11.3 Å². The Bertz CT molecular complexity index is 990. The molecule has 35 heavy (non-hydrogen) atoms. The number of anilines is 3. The smallest absolute Gasteiger partial charge is 0.246 e. The topological polar surface area (TPSA) is 85.9 Å². The molecule has 190 valence electrons. The van der Waals surface area contributed by atoms with E-state index in [2.05, 4.69) is 44.1 Å².